The molecular weight excluding hydrogens is 293 g/mol. The molecule has 0 N–H and O–H groups in total. The molecule has 1 amide bonds. The summed E-state index contributed by atoms with van der Waals surface area (Å²) in [5.74, 6) is 0.247. The van der Waals surface area contributed by atoms with E-state index in [2.05, 4.69) is 0 Å². The normalized spacial score (nSPS) is 20.0. The van der Waals surface area contributed by atoms with Crippen molar-refractivity contribution in [2.45, 2.75) is 25.4 Å². The third kappa shape index (κ3) is 3.05. The van der Waals surface area contributed by atoms with Crippen LogP contribution in [0.1, 0.15) is 24.8 Å². The van der Waals surface area contributed by atoms with Gasteiger partial charge in [0, 0.05) is 37.8 Å². The largest absolute Gasteiger partial charge is 0.416 e. The topological polar surface area (TPSA) is 23.6 Å². The van der Waals surface area contributed by atoms with Crippen LogP contribution >= 0.6 is 0 Å². The fourth-order valence-electron chi connectivity index (χ4n) is 3.06. The van der Waals surface area contributed by atoms with Gasteiger partial charge < -0.3 is 9.80 Å². The lowest BCUT2D eigenvalue weighted by molar-refractivity contribution is -0.139. The smallest absolute Gasteiger partial charge is 0.371 e. The molecule has 2 heterocycles. The van der Waals surface area contributed by atoms with E-state index in [4.69, 9.17) is 0 Å². The number of hydrogen-bond acceptors (Lipinski definition) is 2. The number of amides is 1. The van der Waals surface area contributed by atoms with Gasteiger partial charge in [0.1, 0.15) is 0 Å². The Kier molecular flexibility index (Phi) is 4.02. The predicted octanol–water partition coefficient (Wildman–Crippen LogP) is 3.15. The molecule has 3 nitrogen and oxygen atoms in total. The summed E-state index contributed by atoms with van der Waals surface area (Å²) < 4.78 is 38.3. The van der Waals surface area contributed by atoms with E-state index in [1.165, 1.54) is 12.1 Å². The number of anilines is 1. The van der Waals surface area contributed by atoms with Crippen LogP contribution < -0.4 is 4.90 Å². The van der Waals surface area contributed by atoms with Crippen molar-refractivity contribution < 1.29 is 18.0 Å². The number of benzene rings is 1. The lowest BCUT2D eigenvalue weighted by Gasteiger charge is -2.38. The summed E-state index contributed by atoms with van der Waals surface area (Å²) in [6, 6.07) is 5.42. The maximum atomic E-state index is 12.8. The fraction of sp³-hybridized carbons (Fsp3) is 0.562. The first-order valence-corrected chi connectivity index (χ1v) is 7.66. The number of halogens is 3. The van der Waals surface area contributed by atoms with E-state index in [0.29, 0.717) is 31.6 Å². The second kappa shape index (κ2) is 5.82. The van der Waals surface area contributed by atoms with Crippen LogP contribution in [0.25, 0.3) is 0 Å². The van der Waals surface area contributed by atoms with Crippen molar-refractivity contribution in [2.24, 2.45) is 5.92 Å². The Morgan fingerprint density at radius 1 is 1.09 bits per heavy atom. The van der Waals surface area contributed by atoms with Crippen molar-refractivity contribution in [2.75, 3.05) is 31.1 Å². The van der Waals surface area contributed by atoms with Crippen molar-refractivity contribution in [3.8, 4) is 0 Å². The van der Waals surface area contributed by atoms with E-state index in [1.54, 1.807) is 6.07 Å². The van der Waals surface area contributed by atoms with Gasteiger partial charge in [0.2, 0.25) is 5.91 Å². The molecule has 0 unspecified atom stereocenters. The average Bonchev–Trinajstić information content (AvgIpc) is 2.45. The second-order valence-corrected chi connectivity index (χ2v) is 5.99. The van der Waals surface area contributed by atoms with Gasteiger partial charge >= 0.3 is 6.18 Å². The Balaban J connectivity index is 1.62. The Morgan fingerprint density at radius 2 is 1.77 bits per heavy atom. The van der Waals surface area contributed by atoms with E-state index >= 15 is 0 Å². The summed E-state index contributed by atoms with van der Waals surface area (Å²) in [5, 5.41) is 0. The quantitative estimate of drug-likeness (QED) is 0.837. The first-order valence-electron chi connectivity index (χ1n) is 7.66. The van der Waals surface area contributed by atoms with Crippen LogP contribution in [0.3, 0.4) is 0 Å². The van der Waals surface area contributed by atoms with Gasteiger partial charge in [-0.25, -0.2) is 0 Å². The highest BCUT2D eigenvalue weighted by atomic mass is 19.4. The molecule has 1 aromatic rings. The van der Waals surface area contributed by atoms with Crippen LogP contribution in [-0.4, -0.2) is 37.0 Å². The van der Waals surface area contributed by atoms with Crippen molar-refractivity contribution in [3.05, 3.63) is 29.8 Å². The summed E-state index contributed by atoms with van der Waals surface area (Å²) >= 11 is 0. The van der Waals surface area contributed by atoms with Crippen LogP contribution in [0, 0.1) is 5.92 Å². The zero-order chi connectivity index (χ0) is 15.7. The molecule has 3 rings (SSSR count). The molecule has 120 valence electrons. The van der Waals surface area contributed by atoms with E-state index < -0.39 is 11.7 Å². The molecule has 0 atom stereocenters. The van der Waals surface area contributed by atoms with Crippen LogP contribution in [-0.2, 0) is 11.0 Å². The Bertz CT molecular complexity index is 547. The van der Waals surface area contributed by atoms with Crippen molar-refractivity contribution >= 4 is 11.6 Å². The highest BCUT2D eigenvalue weighted by Crippen LogP contribution is 2.33. The molecule has 0 bridgehead atoms. The second-order valence-electron chi connectivity index (χ2n) is 5.99. The number of likely N-dealkylation sites (tertiary alicyclic amines) is 1. The first-order chi connectivity index (χ1) is 10.4. The zero-order valence-corrected chi connectivity index (χ0v) is 12.3. The number of hydrogen-bond donors (Lipinski definition) is 0. The molecule has 2 aliphatic rings. The highest BCUT2D eigenvalue weighted by Gasteiger charge is 2.33. The molecule has 2 fully saturated rings. The Morgan fingerprint density at radius 3 is 2.32 bits per heavy atom. The summed E-state index contributed by atoms with van der Waals surface area (Å²) in [6.07, 6.45) is -1.81. The molecular formula is C16H19F3N2O. The molecule has 1 aromatic carbocycles. The average molecular weight is 312 g/mol. The minimum absolute atomic E-state index is 0.0300. The number of nitrogens with zero attached hydrogens (tertiary/aromatic N) is 2. The van der Waals surface area contributed by atoms with E-state index in [1.807, 2.05) is 9.80 Å². The zero-order valence-electron chi connectivity index (χ0n) is 12.3. The third-order valence-corrected chi connectivity index (χ3v) is 4.55. The van der Waals surface area contributed by atoms with Crippen LogP contribution in [0.2, 0.25) is 0 Å². The van der Waals surface area contributed by atoms with Crippen molar-refractivity contribution in [3.63, 3.8) is 0 Å². The van der Waals surface area contributed by atoms with Gasteiger partial charge in [0.15, 0.2) is 0 Å². The molecule has 0 saturated carbocycles. The summed E-state index contributed by atoms with van der Waals surface area (Å²) in [7, 11) is 0. The SMILES string of the molecule is O=C(C1CCN(c2cccc(C(F)(F)F)c2)CC1)N1CCC1. The minimum Gasteiger partial charge on any atom is -0.371 e. The minimum atomic E-state index is -4.32. The number of carbonyl (C=O) groups is 1. The summed E-state index contributed by atoms with van der Waals surface area (Å²) in [5.41, 5.74) is -0.0338. The van der Waals surface area contributed by atoms with Crippen LogP contribution in [0.4, 0.5) is 18.9 Å². The molecule has 22 heavy (non-hydrogen) atoms. The molecule has 0 radical (unpaired) electrons. The van der Waals surface area contributed by atoms with Gasteiger partial charge in [-0.15, -0.1) is 0 Å². The van der Waals surface area contributed by atoms with Gasteiger partial charge in [-0.1, -0.05) is 6.07 Å². The van der Waals surface area contributed by atoms with E-state index in [9.17, 15) is 18.0 Å². The molecule has 2 saturated heterocycles. The van der Waals surface area contributed by atoms with E-state index in [0.717, 1.165) is 25.6 Å². The maximum absolute atomic E-state index is 12.8. The lowest BCUT2D eigenvalue weighted by Crippen LogP contribution is -2.48. The van der Waals surface area contributed by atoms with Gasteiger partial charge in [-0.3, -0.25) is 4.79 Å². The number of rotatable bonds is 2. The van der Waals surface area contributed by atoms with Crippen LogP contribution in [0.5, 0.6) is 0 Å². The lowest BCUT2D eigenvalue weighted by atomic mass is 9.93. The molecule has 0 aliphatic carbocycles. The number of alkyl halides is 3. The molecule has 0 spiro atoms. The third-order valence-electron chi connectivity index (χ3n) is 4.55. The molecule has 0 aromatic heterocycles. The first kappa shape index (κ1) is 15.2. The van der Waals surface area contributed by atoms with Gasteiger partial charge in [0.05, 0.1) is 5.56 Å². The number of piperidine rings is 1. The van der Waals surface area contributed by atoms with Crippen molar-refractivity contribution in [1.82, 2.24) is 4.90 Å². The Labute approximate surface area is 127 Å². The Hall–Kier alpha value is -1.72. The van der Waals surface area contributed by atoms with Crippen molar-refractivity contribution in [1.29, 1.82) is 0 Å². The number of carbonyl (C=O) groups excluding carboxylic acids is 1. The highest BCUT2D eigenvalue weighted by molar-refractivity contribution is 5.79. The maximum Gasteiger partial charge on any atom is 0.416 e. The summed E-state index contributed by atoms with van der Waals surface area (Å²) in [4.78, 5) is 16.0. The van der Waals surface area contributed by atoms with Gasteiger partial charge in [-0.2, -0.15) is 13.2 Å². The summed E-state index contributed by atoms with van der Waals surface area (Å²) in [6.45, 7) is 2.97. The monoisotopic (exact) mass is 312 g/mol. The van der Waals surface area contributed by atoms with E-state index in [-0.39, 0.29) is 11.8 Å². The molecule has 2 aliphatic heterocycles. The molecule has 6 heteroatoms. The van der Waals surface area contributed by atoms with Gasteiger partial charge in [0.25, 0.3) is 0 Å². The predicted molar refractivity (Wildman–Crippen MR) is 77.6 cm³/mol. The van der Waals surface area contributed by atoms with Gasteiger partial charge in [-0.05, 0) is 37.5 Å². The fourth-order valence-corrected chi connectivity index (χ4v) is 3.06. The van der Waals surface area contributed by atoms with Crippen LogP contribution in [0.15, 0.2) is 24.3 Å². The standard InChI is InChI=1S/C16H19F3N2O/c17-16(18,19)13-3-1-4-14(11-13)20-9-5-12(6-10-20)15(22)21-7-2-8-21/h1,3-4,11-12H,2,5-10H2.